The van der Waals surface area contributed by atoms with Crippen LogP contribution >= 0.6 is 0 Å². The van der Waals surface area contributed by atoms with E-state index in [1.165, 1.54) is 12.1 Å². The predicted molar refractivity (Wildman–Crippen MR) is 60.0 cm³/mol. The highest BCUT2D eigenvalue weighted by Gasteiger charge is 2.14. The summed E-state index contributed by atoms with van der Waals surface area (Å²) in [4.78, 5) is 9.74. The number of hydrogen-bond donors (Lipinski definition) is 2. The fraction of sp³-hybridized carbons (Fsp3) is 0.333. The van der Waals surface area contributed by atoms with Gasteiger partial charge in [-0.25, -0.2) is 13.1 Å². The van der Waals surface area contributed by atoms with E-state index in [4.69, 9.17) is 5.11 Å². The molecule has 0 fully saturated rings. The molecule has 1 aromatic carbocycles. The maximum Gasteiger partial charge on any atom is 0.269 e. The highest BCUT2D eigenvalue weighted by molar-refractivity contribution is 7.89. The van der Waals surface area contributed by atoms with Crippen molar-refractivity contribution in [3.8, 4) is 0 Å². The van der Waals surface area contributed by atoms with Crippen LogP contribution in [0.3, 0.4) is 0 Å². The summed E-state index contributed by atoms with van der Waals surface area (Å²) >= 11 is 0. The van der Waals surface area contributed by atoms with Gasteiger partial charge in [-0.05, 0) is 18.6 Å². The summed E-state index contributed by atoms with van der Waals surface area (Å²) in [6, 6.07) is 4.58. The number of aliphatic hydroxyl groups excluding tert-OH is 1. The molecule has 0 radical (unpaired) electrons. The zero-order valence-corrected chi connectivity index (χ0v) is 9.68. The van der Waals surface area contributed by atoms with Crippen LogP contribution in [0.2, 0.25) is 0 Å². The van der Waals surface area contributed by atoms with Crippen LogP contribution in [0, 0.1) is 10.1 Å². The van der Waals surface area contributed by atoms with Crippen molar-refractivity contribution in [3.05, 3.63) is 34.4 Å². The van der Waals surface area contributed by atoms with E-state index in [1.54, 1.807) is 0 Å². The molecule has 0 aliphatic heterocycles. The molecular weight excluding hydrogens is 248 g/mol. The van der Waals surface area contributed by atoms with Gasteiger partial charge < -0.3 is 5.11 Å². The summed E-state index contributed by atoms with van der Waals surface area (Å²) in [5.74, 6) is 0. The Bertz CT molecular complexity index is 483. The van der Waals surface area contributed by atoms with Gasteiger partial charge >= 0.3 is 0 Å². The second kappa shape index (κ2) is 5.71. The number of hydrogen-bond acceptors (Lipinski definition) is 5. The van der Waals surface area contributed by atoms with Gasteiger partial charge in [0.05, 0.1) is 9.82 Å². The van der Waals surface area contributed by atoms with Gasteiger partial charge in [-0.15, -0.1) is 0 Å². The molecular formula is C9H12N2O5S. The van der Waals surface area contributed by atoms with Gasteiger partial charge in [-0.3, -0.25) is 10.1 Å². The van der Waals surface area contributed by atoms with Crippen molar-refractivity contribution in [3.63, 3.8) is 0 Å². The van der Waals surface area contributed by atoms with E-state index < -0.39 is 14.9 Å². The quantitative estimate of drug-likeness (QED) is 0.433. The Hall–Kier alpha value is -1.51. The molecule has 17 heavy (non-hydrogen) atoms. The van der Waals surface area contributed by atoms with E-state index in [9.17, 15) is 18.5 Å². The largest absolute Gasteiger partial charge is 0.396 e. The van der Waals surface area contributed by atoms with Crippen molar-refractivity contribution in [2.24, 2.45) is 0 Å². The zero-order chi connectivity index (χ0) is 12.9. The maximum absolute atomic E-state index is 11.6. The second-order valence-electron chi connectivity index (χ2n) is 3.23. The summed E-state index contributed by atoms with van der Waals surface area (Å²) < 4.78 is 25.5. The highest BCUT2D eigenvalue weighted by Crippen LogP contribution is 2.15. The first-order valence-electron chi connectivity index (χ1n) is 4.82. The van der Waals surface area contributed by atoms with E-state index in [0.717, 1.165) is 12.1 Å². The molecule has 7 nitrogen and oxygen atoms in total. The molecule has 0 heterocycles. The minimum absolute atomic E-state index is 0.0407. The number of rotatable bonds is 6. The number of non-ortho nitro benzene ring substituents is 1. The summed E-state index contributed by atoms with van der Waals surface area (Å²) in [6.07, 6.45) is 0.312. The fourth-order valence-electron chi connectivity index (χ4n) is 1.12. The van der Waals surface area contributed by atoms with Gasteiger partial charge in [-0.1, -0.05) is 0 Å². The van der Waals surface area contributed by atoms with Crippen LogP contribution in [0.25, 0.3) is 0 Å². The third-order valence-corrected chi connectivity index (χ3v) is 3.46. The lowest BCUT2D eigenvalue weighted by Gasteiger charge is -2.05. The average Bonchev–Trinajstić information content (AvgIpc) is 2.29. The topological polar surface area (TPSA) is 110 Å². The van der Waals surface area contributed by atoms with E-state index >= 15 is 0 Å². The molecule has 0 spiro atoms. The SMILES string of the molecule is O=[N+]([O-])c1ccc(S(=O)(=O)NCCCO)cc1. The Balaban J connectivity index is 2.81. The predicted octanol–water partition coefficient (Wildman–Crippen LogP) is 0.255. The molecule has 94 valence electrons. The molecule has 0 atom stereocenters. The van der Waals surface area contributed by atoms with Crippen molar-refractivity contribution < 1.29 is 18.4 Å². The number of benzene rings is 1. The number of nitro benzene ring substituents is 1. The molecule has 0 saturated carbocycles. The van der Waals surface area contributed by atoms with Gasteiger partial charge in [-0.2, -0.15) is 0 Å². The minimum Gasteiger partial charge on any atom is -0.396 e. The van der Waals surface area contributed by atoms with E-state index in [0.29, 0.717) is 6.42 Å². The summed E-state index contributed by atoms with van der Waals surface area (Å²) in [6.45, 7) is 0.0125. The van der Waals surface area contributed by atoms with Crippen LogP contribution in [0.5, 0.6) is 0 Å². The van der Waals surface area contributed by atoms with Crippen LogP contribution in [-0.4, -0.2) is 31.6 Å². The molecule has 0 aliphatic carbocycles. The third kappa shape index (κ3) is 3.77. The Morgan fingerprint density at radius 3 is 2.35 bits per heavy atom. The van der Waals surface area contributed by atoms with E-state index in [-0.39, 0.29) is 23.7 Å². The Morgan fingerprint density at radius 1 is 1.29 bits per heavy atom. The first-order valence-corrected chi connectivity index (χ1v) is 6.30. The lowest BCUT2D eigenvalue weighted by molar-refractivity contribution is -0.384. The van der Waals surface area contributed by atoms with Crippen molar-refractivity contribution in [2.75, 3.05) is 13.2 Å². The van der Waals surface area contributed by atoms with Crippen LogP contribution in [0.1, 0.15) is 6.42 Å². The first kappa shape index (κ1) is 13.6. The monoisotopic (exact) mass is 260 g/mol. The molecule has 0 amide bonds. The van der Waals surface area contributed by atoms with Crippen LogP contribution in [0.15, 0.2) is 29.2 Å². The highest BCUT2D eigenvalue weighted by atomic mass is 32.2. The zero-order valence-electron chi connectivity index (χ0n) is 8.87. The van der Waals surface area contributed by atoms with Crippen molar-refractivity contribution in [1.29, 1.82) is 0 Å². The molecule has 0 unspecified atom stereocenters. The van der Waals surface area contributed by atoms with Crippen LogP contribution < -0.4 is 4.72 Å². The smallest absolute Gasteiger partial charge is 0.269 e. The average molecular weight is 260 g/mol. The van der Waals surface area contributed by atoms with E-state index in [1.807, 2.05) is 0 Å². The minimum atomic E-state index is -3.66. The summed E-state index contributed by atoms with van der Waals surface area (Å²) in [5, 5.41) is 18.9. The Labute approximate surface area is 98.3 Å². The van der Waals surface area contributed by atoms with Gasteiger partial charge in [0.15, 0.2) is 0 Å². The number of nitrogens with zero attached hydrogens (tertiary/aromatic N) is 1. The molecule has 1 rings (SSSR count). The normalized spacial score (nSPS) is 11.4. The first-order chi connectivity index (χ1) is 7.97. The number of nitrogens with one attached hydrogen (secondary N) is 1. The number of sulfonamides is 1. The third-order valence-electron chi connectivity index (χ3n) is 1.98. The van der Waals surface area contributed by atoms with Crippen LogP contribution in [-0.2, 0) is 10.0 Å². The standard InChI is InChI=1S/C9H12N2O5S/c12-7-1-6-10-17(15,16)9-4-2-8(3-5-9)11(13)14/h2-5,10,12H,1,6-7H2. The molecule has 0 bridgehead atoms. The molecule has 2 N–H and O–H groups in total. The lowest BCUT2D eigenvalue weighted by Crippen LogP contribution is -2.25. The lowest BCUT2D eigenvalue weighted by atomic mass is 10.3. The van der Waals surface area contributed by atoms with Gasteiger partial charge in [0, 0.05) is 25.3 Å². The van der Waals surface area contributed by atoms with Gasteiger partial charge in [0.2, 0.25) is 10.0 Å². The van der Waals surface area contributed by atoms with Crippen LogP contribution in [0.4, 0.5) is 5.69 Å². The molecule has 0 aromatic heterocycles. The van der Waals surface area contributed by atoms with Crippen molar-refractivity contribution in [1.82, 2.24) is 4.72 Å². The number of aliphatic hydroxyl groups is 1. The summed E-state index contributed by atoms with van der Waals surface area (Å²) in [5.41, 5.74) is -0.167. The fourth-order valence-corrected chi connectivity index (χ4v) is 2.19. The van der Waals surface area contributed by atoms with Gasteiger partial charge in [0.1, 0.15) is 0 Å². The van der Waals surface area contributed by atoms with Crippen molar-refractivity contribution in [2.45, 2.75) is 11.3 Å². The summed E-state index contributed by atoms with van der Waals surface area (Å²) in [7, 11) is -3.66. The van der Waals surface area contributed by atoms with E-state index in [2.05, 4.69) is 4.72 Å². The number of nitro groups is 1. The Morgan fingerprint density at radius 2 is 1.88 bits per heavy atom. The Kier molecular flexibility index (Phi) is 4.55. The molecule has 0 saturated heterocycles. The molecule has 0 aliphatic rings. The maximum atomic E-state index is 11.6. The molecule has 1 aromatic rings. The van der Waals surface area contributed by atoms with Crippen molar-refractivity contribution >= 4 is 15.7 Å². The molecule has 8 heteroatoms. The van der Waals surface area contributed by atoms with Gasteiger partial charge in [0.25, 0.3) is 5.69 Å². The second-order valence-corrected chi connectivity index (χ2v) is 4.99.